The van der Waals surface area contributed by atoms with E-state index in [1.165, 1.54) is 32.1 Å². The van der Waals surface area contributed by atoms with Crippen molar-refractivity contribution in [2.24, 2.45) is 11.8 Å². The number of fused-ring (bicyclic) bond motifs is 1. The lowest BCUT2D eigenvalue weighted by atomic mass is 10.0. The topological polar surface area (TPSA) is 17.1 Å². The molecule has 0 bridgehead atoms. The van der Waals surface area contributed by atoms with Gasteiger partial charge in [0.2, 0.25) is 0 Å². The Balaban J connectivity index is 1.95. The van der Waals surface area contributed by atoms with Crippen molar-refractivity contribution in [2.75, 3.05) is 0 Å². The molecular weight excluding hydrogens is 148 g/mol. The van der Waals surface area contributed by atoms with Crippen molar-refractivity contribution in [1.82, 2.24) is 0 Å². The molecule has 2 aliphatic rings. The van der Waals surface area contributed by atoms with Crippen LogP contribution in [0.2, 0.25) is 0 Å². The zero-order chi connectivity index (χ0) is 8.39. The Morgan fingerprint density at radius 3 is 3.08 bits per heavy atom. The number of rotatable bonds is 0. The van der Waals surface area contributed by atoms with Crippen molar-refractivity contribution >= 4 is 5.78 Å². The zero-order valence-electron chi connectivity index (χ0n) is 7.46. The van der Waals surface area contributed by atoms with Gasteiger partial charge >= 0.3 is 0 Å². The molecule has 0 aliphatic heterocycles. The summed E-state index contributed by atoms with van der Waals surface area (Å²) in [6.07, 6.45) is 11.4. The Morgan fingerprint density at radius 1 is 1.25 bits per heavy atom. The first-order valence-electron chi connectivity index (χ1n) is 5.08. The molecule has 0 spiro atoms. The van der Waals surface area contributed by atoms with Crippen LogP contribution in [0.1, 0.15) is 38.5 Å². The smallest absolute Gasteiger partial charge is 0.158 e. The second-order valence-corrected chi connectivity index (χ2v) is 4.05. The Morgan fingerprint density at radius 2 is 2.17 bits per heavy atom. The average molecular weight is 164 g/mol. The SMILES string of the molecule is O=C1/C=C/CCCCC[C@H]2C[C@H]12. The van der Waals surface area contributed by atoms with Gasteiger partial charge in [-0.05, 0) is 37.7 Å². The summed E-state index contributed by atoms with van der Waals surface area (Å²) < 4.78 is 0. The predicted octanol–water partition coefficient (Wildman–Crippen LogP) is 2.71. The highest BCUT2D eigenvalue weighted by atomic mass is 16.1. The van der Waals surface area contributed by atoms with E-state index in [0.717, 1.165) is 12.3 Å². The summed E-state index contributed by atoms with van der Waals surface area (Å²) in [5.74, 6) is 1.56. The van der Waals surface area contributed by atoms with Crippen LogP contribution in [0.15, 0.2) is 12.2 Å². The highest BCUT2D eigenvalue weighted by Crippen LogP contribution is 2.43. The minimum Gasteiger partial charge on any atom is -0.295 e. The molecule has 0 heterocycles. The second kappa shape index (κ2) is 3.42. The van der Waals surface area contributed by atoms with Crippen LogP contribution in [0, 0.1) is 11.8 Å². The second-order valence-electron chi connectivity index (χ2n) is 4.05. The maximum Gasteiger partial charge on any atom is 0.158 e. The van der Waals surface area contributed by atoms with E-state index in [2.05, 4.69) is 6.08 Å². The molecule has 0 saturated heterocycles. The molecule has 0 N–H and O–H groups in total. The maximum atomic E-state index is 11.4. The van der Waals surface area contributed by atoms with E-state index in [-0.39, 0.29) is 0 Å². The van der Waals surface area contributed by atoms with Gasteiger partial charge in [0.15, 0.2) is 5.78 Å². The van der Waals surface area contributed by atoms with E-state index < -0.39 is 0 Å². The van der Waals surface area contributed by atoms with Gasteiger partial charge < -0.3 is 0 Å². The summed E-state index contributed by atoms with van der Waals surface area (Å²) in [6, 6.07) is 0. The van der Waals surface area contributed by atoms with Crippen molar-refractivity contribution in [3.63, 3.8) is 0 Å². The largest absolute Gasteiger partial charge is 0.295 e. The minimum absolute atomic E-state index is 0.391. The van der Waals surface area contributed by atoms with Crippen LogP contribution in [0.4, 0.5) is 0 Å². The van der Waals surface area contributed by atoms with Gasteiger partial charge in [-0.25, -0.2) is 0 Å². The van der Waals surface area contributed by atoms with Crippen LogP contribution in [0.3, 0.4) is 0 Å². The molecule has 0 unspecified atom stereocenters. The quantitative estimate of drug-likeness (QED) is 0.538. The average Bonchev–Trinajstić information content (AvgIpc) is 2.82. The van der Waals surface area contributed by atoms with Gasteiger partial charge in [0.25, 0.3) is 0 Å². The van der Waals surface area contributed by atoms with Gasteiger partial charge in [-0.2, -0.15) is 0 Å². The molecule has 66 valence electrons. The van der Waals surface area contributed by atoms with Gasteiger partial charge in [-0.15, -0.1) is 0 Å². The fourth-order valence-corrected chi connectivity index (χ4v) is 2.08. The molecule has 2 rings (SSSR count). The molecule has 0 amide bonds. The van der Waals surface area contributed by atoms with Crippen LogP contribution in [-0.4, -0.2) is 5.78 Å². The fourth-order valence-electron chi connectivity index (χ4n) is 2.08. The van der Waals surface area contributed by atoms with E-state index in [4.69, 9.17) is 0 Å². The lowest BCUT2D eigenvalue weighted by Gasteiger charge is -2.00. The molecule has 0 radical (unpaired) electrons. The molecule has 0 aromatic rings. The zero-order valence-corrected chi connectivity index (χ0v) is 7.46. The third kappa shape index (κ3) is 1.77. The molecule has 2 atom stereocenters. The number of hydrogen-bond donors (Lipinski definition) is 0. The van der Waals surface area contributed by atoms with Crippen LogP contribution < -0.4 is 0 Å². The van der Waals surface area contributed by atoms with Crippen molar-refractivity contribution in [2.45, 2.75) is 38.5 Å². The lowest BCUT2D eigenvalue weighted by molar-refractivity contribution is -0.116. The van der Waals surface area contributed by atoms with Crippen molar-refractivity contribution in [1.29, 1.82) is 0 Å². The number of carbonyl (C=O) groups is 1. The van der Waals surface area contributed by atoms with Gasteiger partial charge in [-0.3, -0.25) is 4.79 Å². The molecule has 1 saturated carbocycles. The summed E-state index contributed by atoms with van der Waals surface area (Å²) in [7, 11) is 0. The first-order valence-corrected chi connectivity index (χ1v) is 5.08. The van der Waals surface area contributed by atoms with E-state index in [1.807, 2.05) is 6.08 Å². The summed E-state index contributed by atoms with van der Waals surface area (Å²) in [6.45, 7) is 0. The first-order chi connectivity index (χ1) is 5.88. The van der Waals surface area contributed by atoms with Crippen LogP contribution >= 0.6 is 0 Å². The lowest BCUT2D eigenvalue weighted by Crippen LogP contribution is -1.98. The summed E-state index contributed by atoms with van der Waals surface area (Å²) in [5, 5.41) is 0. The van der Waals surface area contributed by atoms with Gasteiger partial charge in [0.1, 0.15) is 0 Å². The monoisotopic (exact) mass is 164 g/mol. The van der Waals surface area contributed by atoms with Crippen LogP contribution in [0.5, 0.6) is 0 Å². The van der Waals surface area contributed by atoms with E-state index in [9.17, 15) is 4.79 Å². The molecule has 1 heteroatoms. The Hall–Kier alpha value is -0.590. The van der Waals surface area contributed by atoms with Gasteiger partial charge in [0.05, 0.1) is 0 Å². The third-order valence-corrected chi connectivity index (χ3v) is 3.02. The van der Waals surface area contributed by atoms with Crippen LogP contribution in [0.25, 0.3) is 0 Å². The van der Waals surface area contributed by atoms with E-state index in [1.54, 1.807) is 0 Å². The Bertz CT molecular complexity index is 205. The van der Waals surface area contributed by atoms with Crippen molar-refractivity contribution < 1.29 is 4.79 Å². The molecule has 0 aromatic heterocycles. The van der Waals surface area contributed by atoms with E-state index in [0.29, 0.717) is 11.7 Å². The van der Waals surface area contributed by atoms with Crippen molar-refractivity contribution in [3.8, 4) is 0 Å². The van der Waals surface area contributed by atoms with Gasteiger partial charge in [-0.1, -0.05) is 18.9 Å². The summed E-state index contributed by atoms with van der Waals surface area (Å²) in [5.41, 5.74) is 0. The number of carbonyl (C=O) groups excluding carboxylic acids is 1. The molecule has 2 aliphatic carbocycles. The number of ketones is 1. The van der Waals surface area contributed by atoms with Crippen molar-refractivity contribution in [3.05, 3.63) is 12.2 Å². The maximum absolute atomic E-state index is 11.4. The standard InChI is InChI=1S/C11H16O/c12-11-7-5-3-1-2-4-6-9-8-10(9)11/h5,7,9-10H,1-4,6,8H2/b7-5+/t9-,10-/m0/s1. The van der Waals surface area contributed by atoms with Crippen LogP contribution in [-0.2, 0) is 4.79 Å². The molecule has 12 heavy (non-hydrogen) atoms. The molecular formula is C11H16O. The number of allylic oxidation sites excluding steroid dienone is 2. The summed E-state index contributed by atoms with van der Waals surface area (Å²) >= 11 is 0. The Labute approximate surface area is 73.8 Å². The highest BCUT2D eigenvalue weighted by Gasteiger charge is 2.40. The first kappa shape index (κ1) is 8.03. The highest BCUT2D eigenvalue weighted by molar-refractivity contribution is 5.93. The Kier molecular flexibility index (Phi) is 2.29. The number of hydrogen-bond acceptors (Lipinski definition) is 1. The molecule has 0 aromatic carbocycles. The summed E-state index contributed by atoms with van der Waals surface area (Å²) in [4.78, 5) is 11.4. The predicted molar refractivity (Wildman–Crippen MR) is 48.8 cm³/mol. The molecule has 1 fully saturated rings. The normalized spacial score (nSPS) is 38.5. The minimum atomic E-state index is 0.391. The molecule has 1 nitrogen and oxygen atoms in total. The van der Waals surface area contributed by atoms with Gasteiger partial charge in [0, 0.05) is 5.92 Å². The third-order valence-electron chi connectivity index (χ3n) is 3.02. The van der Waals surface area contributed by atoms with E-state index >= 15 is 0 Å². The fraction of sp³-hybridized carbons (Fsp3) is 0.727.